The van der Waals surface area contributed by atoms with Crippen LogP contribution in [0.3, 0.4) is 0 Å². The quantitative estimate of drug-likeness (QED) is 0.441. The summed E-state index contributed by atoms with van der Waals surface area (Å²) in [5, 5.41) is 2.75. The zero-order valence-electron chi connectivity index (χ0n) is 18.9. The van der Waals surface area contributed by atoms with E-state index in [-0.39, 0.29) is 42.0 Å². The Kier molecular flexibility index (Phi) is 7.32. The molecule has 2 aliphatic rings. The molecule has 2 aliphatic heterocycles. The molecule has 0 spiro atoms. The van der Waals surface area contributed by atoms with E-state index in [1.807, 2.05) is 0 Å². The van der Waals surface area contributed by atoms with Gasteiger partial charge in [-0.3, -0.25) is 24.3 Å². The van der Waals surface area contributed by atoms with Crippen LogP contribution in [0.25, 0.3) is 0 Å². The number of carbonyl (C=O) groups is 4. The predicted octanol–water partition coefficient (Wildman–Crippen LogP) is 3.95. The molecule has 2 heterocycles. The number of benzene rings is 2. The van der Waals surface area contributed by atoms with Crippen molar-refractivity contribution < 1.29 is 32.7 Å². The van der Waals surface area contributed by atoms with E-state index in [0.29, 0.717) is 5.56 Å². The van der Waals surface area contributed by atoms with Crippen molar-refractivity contribution in [3.05, 3.63) is 57.6 Å². The maximum absolute atomic E-state index is 15.0. The molecule has 0 aliphatic carbocycles. The summed E-state index contributed by atoms with van der Waals surface area (Å²) in [7, 11) is 0. The van der Waals surface area contributed by atoms with Gasteiger partial charge in [0.25, 0.3) is 0 Å². The number of imide groups is 1. The minimum atomic E-state index is -1.45. The van der Waals surface area contributed by atoms with Gasteiger partial charge in [0, 0.05) is 25.2 Å². The van der Waals surface area contributed by atoms with Crippen LogP contribution in [-0.4, -0.2) is 55.1 Å². The molecule has 2 saturated heterocycles. The molecule has 1 atom stereocenters. The number of nitrogens with one attached hydrogen (secondary N) is 1. The van der Waals surface area contributed by atoms with Crippen LogP contribution in [0.4, 0.5) is 29.7 Å². The van der Waals surface area contributed by atoms with E-state index in [4.69, 9.17) is 27.9 Å². The Morgan fingerprint density at radius 3 is 2.44 bits per heavy atom. The number of ether oxygens (including phenoxy) is 1. The molecule has 5 amide bonds. The molecule has 0 aromatic heterocycles. The Labute approximate surface area is 214 Å². The van der Waals surface area contributed by atoms with E-state index in [2.05, 4.69) is 5.32 Å². The Bertz CT molecular complexity index is 1240. The molecule has 2 aromatic rings. The van der Waals surface area contributed by atoms with Crippen molar-refractivity contribution in [1.29, 1.82) is 0 Å². The van der Waals surface area contributed by atoms with E-state index in [0.717, 1.165) is 26.8 Å². The predicted molar refractivity (Wildman–Crippen MR) is 127 cm³/mol. The molecule has 36 heavy (non-hydrogen) atoms. The summed E-state index contributed by atoms with van der Waals surface area (Å²) in [6.45, 7) is 0.956. The fraction of sp³-hybridized carbons (Fsp3) is 0.304. The molecular formula is C23H20Cl2F2N4O5. The summed E-state index contributed by atoms with van der Waals surface area (Å²) in [5.74, 6) is -5.38. The maximum atomic E-state index is 15.0. The smallest absolute Gasteiger partial charge is 0.331 e. The second kappa shape index (κ2) is 10.3. The van der Waals surface area contributed by atoms with Crippen LogP contribution in [0.5, 0.6) is 0 Å². The number of nitrogens with zero attached hydrogens (tertiary/aromatic N) is 3. The van der Waals surface area contributed by atoms with Crippen LogP contribution in [0, 0.1) is 17.6 Å². The summed E-state index contributed by atoms with van der Waals surface area (Å²) in [6.07, 6.45) is 0. The number of esters is 1. The molecule has 1 unspecified atom stereocenters. The molecule has 1 N–H and O–H groups in total. The molecule has 0 bridgehead atoms. The maximum Gasteiger partial charge on any atom is 0.331 e. The van der Waals surface area contributed by atoms with E-state index in [1.165, 1.54) is 6.07 Å². The zero-order valence-corrected chi connectivity index (χ0v) is 20.4. The van der Waals surface area contributed by atoms with Crippen molar-refractivity contribution in [2.45, 2.75) is 13.5 Å². The molecule has 9 nitrogen and oxygen atoms in total. The van der Waals surface area contributed by atoms with Gasteiger partial charge in [-0.05, 0) is 18.6 Å². The van der Waals surface area contributed by atoms with Crippen molar-refractivity contribution in [2.24, 2.45) is 5.92 Å². The van der Waals surface area contributed by atoms with Crippen molar-refractivity contribution in [1.82, 2.24) is 10.2 Å². The number of urea groups is 2. The van der Waals surface area contributed by atoms with Gasteiger partial charge >= 0.3 is 18.0 Å². The summed E-state index contributed by atoms with van der Waals surface area (Å²) in [4.78, 5) is 53.5. The number of hydrogen-bond acceptors (Lipinski definition) is 5. The molecule has 13 heteroatoms. The second-order valence-electron chi connectivity index (χ2n) is 7.98. The molecule has 2 aromatic carbocycles. The molecule has 0 radical (unpaired) electrons. The summed E-state index contributed by atoms with van der Waals surface area (Å²) in [6, 6.07) is 4.78. The normalized spacial score (nSPS) is 18.1. The lowest BCUT2D eigenvalue weighted by Gasteiger charge is -2.38. The monoisotopic (exact) mass is 540 g/mol. The number of amides is 5. The third-order valence-electron chi connectivity index (χ3n) is 5.76. The molecule has 2 fully saturated rings. The number of carbonyl (C=O) groups excluding carboxylic acids is 4. The van der Waals surface area contributed by atoms with Gasteiger partial charge in [-0.15, -0.1) is 0 Å². The molecule has 190 valence electrons. The van der Waals surface area contributed by atoms with Crippen molar-refractivity contribution >= 4 is 58.5 Å². The zero-order chi connectivity index (χ0) is 26.1. The van der Waals surface area contributed by atoms with Gasteiger partial charge in [0.1, 0.15) is 5.69 Å². The van der Waals surface area contributed by atoms with Gasteiger partial charge in [-0.25, -0.2) is 18.4 Å². The number of halogens is 4. The topological polar surface area (TPSA) is 99.3 Å². The molecular weight excluding hydrogens is 521 g/mol. The largest absolute Gasteiger partial charge is 0.465 e. The standard InChI is InChI=1S/C23H20Cl2F2N4O5/c1-2-36-21(33)14-11-30(13-8-16(26)19(17(27)9-13)29-7-6-28-22(29)34)23(35)31(20(14)32)10-12-4-3-5-15(24)18(12)25/h3-5,8-9,14H,2,6-7,10-11H2,1H3,(H,28,34). The summed E-state index contributed by atoms with van der Waals surface area (Å²) in [5.41, 5.74) is -0.496. The lowest BCUT2D eigenvalue weighted by atomic mass is 10.0. The highest BCUT2D eigenvalue weighted by Crippen LogP contribution is 2.34. The van der Waals surface area contributed by atoms with E-state index < -0.39 is 53.7 Å². The number of anilines is 2. The minimum absolute atomic E-state index is 0.0213. The second-order valence-corrected chi connectivity index (χ2v) is 8.76. The summed E-state index contributed by atoms with van der Waals surface area (Å²) >= 11 is 12.3. The van der Waals surface area contributed by atoms with Gasteiger partial charge in [-0.2, -0.15) is 0 Å². The Morgan fingerprint density at radius 2 is 1.83 bits per heavy atom. The van der Waals surface area contributed by atoms with Gasteiger partial charge in [0.15, 0.2) is 17.6 Å². The highest BCUT2D eigenvalue weighted by molar-refractivity contribution is 6.42. The first-order chi connectivity index (χ1) is 17.1. The Morgan fingerprint density at radius 1 is 1.14 bits per heavy atom. The fourth-order valence-electron chi connectivity index (χ4n) is 4.04. The van der Waals surface area contributed by atoms with Crippen LogP contribution in [0.2, 0.25) is 10.0 Å². The highest BCUT2D eigenvalue weighted by Gasteiger charge is 2.45. The van der Waals surface area contributed by atoms with Crippen LogP contribution in [-0.2, 0) is 20.9 Å². The number of rotatable bonds is 6. The SMILES string of the molecule is CCOC(=O)C1CN(c2cc(F)c(N3CCNC3=O)c(F)c2)C(=O)N(Cc2cccc(Cl)c2Cl)C1=O. The van der Waals surface area contributed by atoms with Crippen molar-refractivity contribution in [2.75, 3.05) is 36.0 Å². The Balaban J connectivity index is 1.73. The molecule has 4 rings (SSSR count). The first kappa shape index (κ1) is 25.6. The van der Waals surface area contributed by atoms with Crippen LogP contribution < -0.4 is 15.1 Å². The Hall–Kier alpha value is -3.44. The average Bonchev–Trinajstić information content (AvgIpc) is 3.24. The van der Waals surface area contributed by atoms with Gasteiger partial charge in [0.2, 0.25) is 5.91 Å². The van der Waals surface area contributed by atoms with Crippen LogP contribution >= 0.6 is 23.2 Å². The van der Waals surface area contributed by atoms with E-state index >= 15 is 8.78 Å². The third kappa shape index (κ3) is 4.68. The first-order valence-electron chi connectivity index (χ1n) is 10.9. The van der Waals surface area contributed by atoms with Gasteiger partial charge < -0.3 is 10.1 Å². The van der Waals surface area contributed by atoms with Crippen molar-refractivity contribution in [3.8, 4) is 0 Å². The van der Waals surface area contributed by atoms with Crippen molar-refractivity contribution in [3.63, 3.8) is 0 Å². The van der Waals surface area contributed by atoms with Gasteiger partial charge in [0.05, 0.1) is 35.4 Å². The van der Waals surface area contributed by atoms with E-state index in [1.54, 1.807) is 19.1 Å². The number of hydrogen-bond donors (Lipinski definition) is 1. The third-order valence-corrected chi connectivity index (χ3v) is 6.62. The molecule has 0 saturated carbocycles. The highest BCUT2D eigenvalue weighted by atomic mass is 35.5. The lowest BCUT2D eigenvalue weighted by Crippen LogP contribution is -2.58. The lowest BCUT2D eigenvalue weighted by molar-refractivity contribution is -0.154. The van der Waals surface area contributed by atoms with E-state index in [9.17, 15) is 19.2 Å². The van der Waals surface area contributed by atoms with Gasteiger partial charge in [-0.1, -0.05) is 35.3 Å². The summed E-state index contributed by atoms with van der Waals surface area (Å²) < 4.78 is 35.0. The first-order valence-corrected chi connectivity index (χ1v) is 11.7. The van der Waals surface area contributed by atoms with Crippen LogP contribution in [0.1, 0.15) is 12.5 Å². The average molecular weight is 541 g/mol. The fourth-order valence-corrected chi connectivity index (χ4v) is 4.42. The van der Waals surface area contributed by atoms with Crippen LogP contribution in [0.15, 0.2) is 30.3 Å². The minimum Gasteiger partial charge on any atom is -0.465 e.